The van der Waals surface area contributed by atoms with Crippen LogP contribution in [0.5, 0.6) is 0 Å². The van der Waals surface area contributed by atoms with Crippen molar-refractivity contribution in [3.63, 3.8) is 0 Å². The summed E-state index contributed by atoms with van der Waals surface area (Å²) >= 11 is 0. The van der Waals surface area contributed by atoms with Crippen molar-refractivity contribution in [1.29, 1.82) is 0 Å². The highest BCUT2D eigenvalue weighted by Crippen LogP contribution is 2.33. The molecule has 0 radical (unpaired) electrons. The van der Waals surface area contributed by atoms with Crippen molar-refractivity contribution in [3.05, 3.63) is 30.1 Å². The van der Waals surface area contributed by atoms with E-state index >= 15 is 0 Å². The van der Waals surface area contributed by atoms with Crippen LogP contribution in [0.2, 0.25) is 0 Å². The SMILES string of the molecule is Fc1cccc(N[C@@H]2CO[C@]3(CCCNC3)C2)c1. The lowest BCUT2D eigenvalue weighted by Crippen LogP contribution is -2.45. The second-order valence-electron chi connectivity index (χ2n) is 5.33. The topological polar surface area (TPSA) is 33.3 Å². The zero-order valence-electron chi connectivity index (χ0n) is 10.4. The molecule has 0 unspecified atom stereocenters. The van der Waals surface area contributed by atoms with Crippen molar-refractivity contribution >= 4 is 5.69 Å². The van der Waals surface area contributed by atoms with Crippen molar-refractivity contribution in [2.24, 2.45) is 0 Å². The van der Waals surface area contributed by atoms with Crippen LogP contribution < -0.4 is 10.6 Å². The lowest BCUT2D eigenvalue weighted by molar-refractivity contribution is -0.0138. The molecule has 98 valence electrons. The molecule has 18 heavy (non-hydrogen) atoms. The molecule has 4 heteroatoms. The molecule has 0 bridgehead atoms. The smallest absolute Gasteiger partial charge is 0.125 e. The minimum atomic E-state index is -0.201. The fourth-order valence-electron chi connectivity index (χ4n) is 2.99. The van der Waals surface area contributed by atoms with E-state index in [1.54, 1.807) is 6.07 Å². The van der Waals surface area contributed by atoms with Gasteiger partial charge in [0.1, 0.15) is 5.82 Å². The first-order valence-electron chi connectivity index (χ1n) is 6.63. The van der Waals surface area contributed by atoms with Gasteiger partial charge in [0.05, 0.1) is 18.2 Å². The second-order valence-corrected chi connectivity index (χ2v) is 5.33. The van der Waals surface area contributed by atoms with E-state index in [1.165, 1.54) is 18.6 Å². The Kier molecular flexibility index (Phi) is 3.22. The lowest BCUT2D eigenvalue weighted by Gasteiger charge is -2.33. The molecular formula is C14H19FN2O. The van der Waals surface area contributed by atoms with Crippen molar-refractivity contribution in [1.82, 2.24) is 5.32 Å². The summed E-state index contributed by atoms with van der Waals surface area (Å²) in [5.74, 6) is -0.201. The second kappa shape index (κ2) is 4.86. The molecule has 2 aliphatic heterocycles. The highest BCUT2D eigenvalue weighted by molar-refractivity contribution is 5.44. The number of anilines is 1. The van der Waals surface area contributed by atoms with Crippen molar-refractivity contribution < 1.29 is 9.13 Å². The molecule has 1 spiro atoms. The third kappa shape index (κ3) is 2.49. The first kappa shape index (κ1) is 11.9. The summed E-state index contributed by atoms with van der Waals surface area (Å²) in [5.41, 5.74) is 0.841. The molecule has 2 heterocycles. The number of hydrogen-bond acceptors (Lipinski definition) is 3. The van der Waals surface area contributed by atoms with Crippen LogP contribution in [-0.4, -0.2) is 31.3 Å². The van der Waals surface area contributed by atoms with Gasteiger partial charge in [0.25, 0.3) is 0 Å². The molecule has 3 rings (SSSR count). The Morgan fingerprint density at radius 3 is 3.17 bits per heavy atom. The number of piperidine rings is 1. The van der Waals surface area contributed by atoms with Gasteiger partial charge in [-0.15, -0.1) is 0 Å². The molecule has 1 aromatic rings. The van der Waals surface area contributed by atoms with E-state index in [9.17, 15) is 4.39 Å². The molecule has 2 N–H and O–H groups in total. The van der Waals surface area contributed by atoms with Crippen LogP contribution in [0, 0.1) is 5.82 Å². The summed E-state index contributed by atoms with van der Waals surface area (Å²) in [7, 11) is 0. The highest BCUT2D eigenvalue weighted by atomic mass is 19.1. The lowest BCUT2D eigenvalue weighted by atomic mass is 9.90. The predicted molar refractivity (Wildman–Crippen MR) is 69.2 cm³/mol. The van der Waals surface area contributed by atoms with Gasteiger partial charge in [-0.2, -0.15) is 0 Å². The fourth-order valence-corrected chi connectivity index (χ4v) is 2.99. The largest absolute Gasteiger partial charge is 0.380 e. The van der Waals surface area contributed by atoms with Gasteiger partial charge in [-0.05, 0) is 44.0 Å². The number of hydrogen-bond donors (Lipinski definition) is 2. The van der Waals surface area contributed by atoms with Crippen LogP contribution in [0.1, 0.15) is 19.3 Å². The Morgan fingerprint density at radius 2 is 2.39 bits per heavy atom. The van der Waals surface area contributed by atoms with Crippen LogP contribution in [0.4, 0.5) is 10.1 Å². The van der Waals surface area contributed by atoms with Gasteiger partial charge >= 0.3 is 0 Å². The van der Waals surface area contributed by atoms with Gasteiger partial charge in [0.2, 0.25) is 0 Å². The summed E-state index contributed by atoms with van der Waals surface area (Å²) in [6.07, 6.45) is 3.30. The maximum atomic E-state index is 13.1. The average Bonchev–Trinajstić information content (AvgIpc) is 2.73. The monoisotopic (exact) mass is 250 g/mol. The molecule has 2 aliphatic rings. The average molecular weight is 250 g/mol. The van der Waals surface area contributed by atoms with Gasteiger partial charge in [-0.25, -0.2) is 4.39 Å². The Labute approximate surface area is 107 Å². The predicted octanol–water partition coefficient (Wildman–Crippen LogP) is 2.15. The van der Waals surface area contributed by atoms with Crippen LogP contribution in [0.3, 0.4) is 0 Å². The van der Waals surface area contributed by atoms with Gasteiger partial charge in [0, 0.05) is 12.2 Å². The summed E-state index contributed by atoms with van der Waals surface area (Å²) in [6.45, 7) is 2.74. The van der Waals surface area contributed by atoms with E-state index in [2.05, 4.69) is 10.6 Å². The molecular weight excluding hydrogens is 231 g/mol. The fraction of sp³-hybridized carbons (Fsp3) is 0.571. The number of halogens is 1. The third-order valence-electron chi connectivity index (χ3n) is 3.84. The molecule has 0 saturated carbocycles. The number of nitrogens with one attached hydrogen (secondary N) is 2. The van der Waals surface area contributed by atoms with Crippen molar-refractivity contribution in [3.8, 4) is 0 Å². The van der Waals surface area contributed by atoms with E-state index in [-0.39, 0.29) is 17.5 Å². The molecule has 3 nitrogen and oxygen atoms in total. The number of rotatable bonds is 2. The minimum absolute atomic E-state index is 0.00322. The quantitative estimate of drug-likeness (QED) is 0.843. The van der Waals surface area contributed by atoms with Gasteiger partial charge in [-0.3, -0.25) is 0 Å². The van der Waals surface area contributed by atoms with Crippen LogP contribution >= 0.6 is 0 Å². The summed E-state index contributed by atoms with van der Waals surface area (Å²) in [4.78, 5) is 0. The maximum absolute atomic E-state index is 13.1. The molecule has 0 aromatic heterocycles. The molecule has 0 amide bonds. The summed E-state index contributed by atoms with van der Waals surface area (Å²) in [6, 6.07) is 6.90. The summed E-state index contributed by atoms with van der Waals surface area (Å²) < 4.78 is 19.1. The van der Waals surface area contributed by atoms with E-state index < -0.39 is 0 Å². The number of benzene rings is 1. The van der Waals surface area contributed by atoms with E-state index in [0.717, 1.165) is 31.6 Å². The van der Waals surface area contributed by atoms with E-state index in [0.29, 0.717) is 6.61 Å². The standard InChI is InChI=1S/C14H19FN2O/c15-11-3-1-4-12(7-11)17-13-8-14(18-9-13)5-2-6-16-10-14/h1,3-4,7,13,16-17H,2,5-6,8-10H2/t13-,14+/m0/s1. The van der Waals surface area contributed by atoms with Crippen LogP contribution in [-0.2, 0) is 4.74 Å². The highest BCUT2D eigenvalue weighted by Gasteiger charge is 2.41. The van der Waals surface area contributed by atoms with Crippen LogP contribution in [0.25, 0.3) is 0 Å². The minimum Gasteiger partial charge on any atom is -0.380 e. The Morgan fingerprint density at radius 1 is 1.44 bits per heavy atom. The van der Waals surface area contributed by atoms with E-state index in [4.69, 9.17) is 4.74 Å². The Hall–Kier alpha value is -1.13. The molecule has 2 atom stereocenters. The zero-order chi connectivity index (χ0) is 12.4. The number of ether oxygens (including phenoxy) is 1. The van der Waals surface area contributed by atoms with Gasteiger partial charge in [0.15, 0.2) is 0 Å². The molecule has 2 saturated heterocycles. The normalized spacial score (nSPS) is 31.7. The molecule has 0 aliphatic carbocycles. The Bertz CT molecular complexity index is 418. The summed E-state index contributed by atoms with van der Waals surface area (Å²) in [5, 5.41) is 6.76. The Balaban J connectivity index is 1.62. The van der Waals surface area contributed by atoms with Gasteiger partial charge < -0.3 is 15.4 Å². The third-order valence-corrected chi connectivity index (χ3v) is 3.84. The van der Waals surface area contributed by atoms with Gasteiger partial charge in [-0.1, -0.05) is 6.07 Å². The first-order chi connectivity index (χ1) is 8.76. The zero-order valence-corrected chi connectivity index (χ0v) is 10.4. The van der Waals surface area contributed by atoms with Crippen LogP contribution in [0.15, 0.2) is 24.3 Å². The maximum Gasteiger partial charge on any atom is 0.125 e. The molecule has 1 aromatic carbocycles. The van der Waals surface area contributed by atoms with Crippen molar-refractivity contribution in [2.75, 3.05) is 25.0 Å². The van der Waals surface area contributed by atoms with E-state index in [1.807, 2.05) is 6.07 Å². The van der Waals surface area contributed by atoms with Crippen molar-refractivity contribution in [2.45, 2.75) is 30.9 Å². The first-order valence-corrected chi connectivity index (χ1v) is 6.63. The molecule has 2 fully saturated rings.